The molecule has 2 heterocycles. The number of hydrogen-bond donors (Lipinski definition) is 1. The third-order valence-electron chi connectivity index (χ3n) is 5.03. The number of amides is 1. The summed E-state index contributed by atoms with van der Waals surface area (Å²) in [6.45, 7) is 9.60. The highest BCUT2D eigenvalue weighted by molar-refractivity contribution is 6.09. The highest BCUT2D eigenvalue weighted by Crippen LogP contribution is 2.22. The quantitative estimate of drug-likeness (QED) is 0.391. The van der Waals surface area contributed by atoms with E-state index in [0.717, 1.165) is 29.2 Å². The molecule has 1 N–H and O–H groups in total. The molecule has 0 atom stereocenters. The number of rotatable bonds is 8. The zero-order valence-electron chi connectivity index (χ0n) is 18.9. The Morgan fingerprint density at radius 2 is 2.03 bits per heavy atom. The number of nitriles is 1. The Kier molecular flexibility index (Phi) is 7.45. The van der Waals surface area contributed by atoms with E-state index < -0.39 is 5.91 Å². The Labute approximate surface area is 189 Å². The van der Waals surface area contributed by atoms with Gasteiger partial charge in [0.05, 0.1) is 5.69 Å². The van der Waals surface area contributed by atoms with Crippen LogP contribution in [0.2, 0.25) is 0 Å². The molecule has 0 aliphatic rings. The number of nitrogens with one attached hydrogen (secondary N) is 1. The van der Waals surface area contributed by atoms with Gasteiger partial charge in [0, 0.05) is 35.9 Å². The Morgan fingerprint density at radius 3 is 2.72 bits per heavy atom. The molecular formula is C26H28N4O2. The normalized spacial score (nSPS) is 11.3. The third kappa shape index (κ3) is 5.86. The Hall–Kier alpha value is -3.85. The van der Waals surface area contributed by atoms with Crippen LogP contribution in [0.25, 0.3) is 6.08 Å². The van der Waals surface area contributed by atoms with Crippen LogP contribution in [0.4, 0.5) is 5.69 Å². The number of nitrogens with zero attached hydrogens (tertiary/aromatic N) is 3. The number of aromatic nitrogens is 2. The lowest BCUT2D eigenvalue weighted by molar-refractivity contribution is -0.112. The van der Waals surface area contributed by atoms with Crippen LogP contribution >= 0.6 is 0 Å². The van der Waals surface area contributed by atoms with Crippen LogP contribution in [-0.4, -0.2) is 15.5 Å². The Bertz CT molecular complexity index is 1150. The molecule has 1 amide bonds. The molecule has 0 bridgehead atoms. The van der Waals surface area contributed by atoms with Crippen molar-refractivity contribution in [1.82, 2.24) is 9.55 Å². The van der Waals surface area contributed by atoms with Gasteiger partial charge in [-0.25, -0.2) is 0 Å². The van der Waals surface area contributed by atoms with Gasteiger partial charge in [0.2, 0.25) is 0 Å². The molecule has 32 heavy (non-hydrogen) atoms. The summed E-state index contributed by atoms with van der Waals surface area (Å²) in [5, 5.41) is 12.4. The van der Waals surface area contributed by atoms with Gasteiger partial charge in [-0.05, 0) is 61.7 Å². The molecule has 0 aliphatic carbocycles. The average molecular weight is 429 g/mol. The lowest BCUT2D eigenvalue weighted by Crippen LogP contribution is -2.13. The summed E-state index contributed by atoms with van der Waals surface area (Å²) < 4.78 is 7.98. The van der Waals surface area contributed by atoms with Crippen molar-refractivity contribution in [3.63, 3.8) is 0 Å². The molecular weight excluding hydrogens is 400 g/mol. The summed E-state index contributed by atoms with van der Waals surface area (Å²) in [4.78, 5) is 17.0. The molecule has 3 rings (SSSR count). The minimum Gasteiger partial charge on any atom is -0.487 e. The van der Waals surface area contributed by atoms with Gasteiger partial charge >= 0.3 is 0 Å². The summed E-state index contributed by atoms with van der Waals surface area (Å²) in [7, 11) is 0. The maximum atomic E-state index is 12.8. The van der Waals surface area contributed by atoms with Crippen molar-refractivity contribution in [3.05, 3.63) is 82.9 Å². The first-order chi connectivity index (χ1) is 15.4. The van der Waals surface area contributed by atoms with Crippen molar-refractivity contribution in [1.29, 1.82) is 5.26 Å². The van der Waals surface area contributed by atoms with Gasteiger partial charge in [-0.15, -0.1) is 0 Å². The number of pyridine rings is 1. The molecule has 0 saturated heterocycles. The van der Waals surface area contributed by atoms with Crippen LogP contribution in [0.5, 0.6) is 5.75 Å². The van der Waals surface area contributed by atoms with E-state index in [1.165, 1.54) is 0 Å². The molecule has 3 aromatic rings. The number of aryl methyl sites for hydroxylation is 1. The molecule has 164 valence electrons. The van der Waals surface area contributed by atoms with Crippen LogP contribution in [0.1, 0.15) is 36.5 Å². The first kappa shape index (κ1) is 22.8. The minimum absolute atomic E-state index is 0.0506. The summed E-state index contributed by atoms with van der Waals surface area (Å²) in [6.07, 6.45) is 3.36. The van der Waals surface area contributed by atoms with Crippen molar-refractivity contribution in [2.45, 2.75) is 40.8 Å². The van der Waals surface area contributed by atoms with Crippen LogP contribution in [0.3, 0.4) is 0 Å². The lowest BCUT2D eigenvalue weighted by Gasteiger charge is -2.12. The molecule has 6 nitrogen and oxygen atoms in total. The smallest absolute Gasteiger partial charge is 0.266 e. The largest absolute Gasteiger partial charge is 0.487 e. The lowest BCUT2D eigenvalue weighted by atomic mass is 10.1. The zero-order chi connectivity index (χ0) is 23.1. The maximum absolute atomic E-state index is 12.8. The fraction of sp³-hybridized carbons (Fsp3) is 0.269. The standard InChI is InChI=1S/C26H28N4O2/c1-18(2)16-30-19(3)12-21(20(30)4)13-22(15-27)26(31)29-23-9-7-10-25(14-23)32-17-24-8-5-6-11-28-24/h5-14,18H,16-17H2,1-4H3,(H,29,31)/b22-13+. The SMILES string of the molecule is Cc1cc(/C=C(\C#N)C(=O)Nc2cccc(OCc3ccccn3)c2)c(C)n1CC(C)C. The third-order valence-corrected chi connectivity index (χ3v) is 5.03. The van der Waals surface area contributed by atoms with Crippen LogP contribution in [-0.2, 0) is 17.9 Å². The van der Waals surface area contributed by atoms with Gasteiger partial charge in [-0.3, -0.25) is 9.78 Å². The van der Waals surface area contributed by atoms with E-state index in [2.05, 4.69) is 28.7 Å². The van der Waals surface area contributed by atoms with Crippen molar-refractivity contribution in [2.24, 2.45) is 5.92 Å². The molecule has 0 fully saturated rings. The van der Waals surface area contributed by atoms with E-state index in [1.54, 1.807) is 30.5 Å². The molecule has 0 radical (unpaired) electrons. The minimum atomic E-state index is -0.456. The number of carbonyl (C=O) groups excluding carboxylic acids is 1. The van der Waals surface area contributed by atoms with Gasteiger partial charge < -0.3 is 14.6 Å². The van der Waals surface area contributed by atoms with Gasteiger partial charge in [0.25, 0.3) is 5.91 Å². The van der Waals surface area contributed by atoms with Crippen LogP contribution < -0.4 is 10.1 Å². The maximum Gasteiger partial charge on any atom is 0.266 e. The number of carbonyl (C=O) groups is 1. The molecule has 1 aromatic carbocycles. The predicted molar refractivity (Wildman–Crippen MR) is 126 cm³/mol. The van der Waals surface area contributed by atoms with E-state index in [-0.39, 0.29) is 5.57 Å². The summed E-state index contributed by atoms with van der Waals surface area (Å²) >= 11 is 0. The molecule has 6 heteroatoms. The summed E-state index contributed by atoms with van der Waals surface area (Å²) in [5.74, 6) is 0.652. The van der Waals surface area contributed by atoms with Crippen molar-refractivity contribution >= 4 is 17.7 Å². The van der Waals surface area contributed by atoms with Crippen LogP contribution in [0.15, 0.2) is 60.3 Å². The van der Waals surface area contributed by atoms with E-state index in [1.807, 2.05) is 50.2 Å². The van der Waals surface area contributed by atoms with E-state index >= 15 is 0 Å². The predicted octanol–water partition coefficient (Wildman–Crippen LogP) is 5.28. The summed E-state index contributed by atoms with van der Waals surface area (Å²) in [6, 6.07) is 16.8. The van der Waals surface area contributed by atoms with Crippen molar-refractivity contribution < 1.29 is 9.53 Å². The van der Waals surface area contributed by atoms with E-state index in [4.69, 9.17) is 4.74 Å². The van der Waals surface area contributed by atoms with E-state index in [9.17, 15) is 10.1 Å². The molecule has 2 aromatic heterocycles. The second-order valence-electron chi connectivity index (χ2n) is 8.09. The first-order valence-corrected chi connectivity index (χ1v) is 10.6. The van der Waals surface area contributed by atoms with Crippen LogP contribution in [0, 0.1) is 31.1 Å². The second-order valence-corrected chi connectivity index (χ2v) is 8.09. The van der Waals surface area contributed by atoms with Gasteiger partial charge in [-0.2, -0.15) is 5.26 Å². The monoisotopic (exact) mass is 428 g/mol. The number of hydrogen-bond acceptors (Lipinski definition) is 4. The number of ether oxygens (including phenoxy) is 1. The van der Waals surface area contributed by atoms with Gasteiger partial charge in [-0.1, -0.05) is 26.0 Å². The first-order valence-electron chi connectivity index (χ1n) is 10.6. The average Bonchev–Trinajstić information content (AvgIpc) is 3.04. The van der Waals surface area contributed by atoms with Crippen molar-refractivity contribution in [3.8, 4) is 11.8 Å². The van der Waals surface area contributed by atoms with Crippen molar-refractivity contribution in [2.75, 3.05) is 5.32 Å². The topological polar surface area (TPSA) is 79.9 Å². The molecule has 0 saturated carbocycles. The second kappa shape index (κ2) is 10.5. The number of anilines is 1. The number of benzene rings is 1. The van der Waals surface area contributed by atoms with Gasteiger partial charge in [0.15, 0.2) is 0 Å². The molecule has 0 aliphatic heterocycles. The van der Waals surface area contributed by atoms with E-state index in [0.29, 0.717) is 24.0 Å². The molecule has 0 spiro atoms. The fourth-order valence-electron chi connectivity index (χ4n) is 3.43. The highest BCUT2D eigenvalue weighted by atomic mass is 16.5. The highest BCUT2D eigenvalue weighted by Gasteiger charge is 2.14. The van der Waals surface area contributed by atoms with Gasteiger partial charge in [0.1, 0.15) is 24.0 Å². The molecule has 0 unspecified atom stereocenters. The zero-order valence-corrected chi connectivity index (χ0v) is 18.9. The Balaban J connectivity index is 1.72. The fourth-order valence-corrected chi connectivity index (χ4v) is 3.43. The Morgan fingerprint density at radius 1 is 1.22 bits per heavy atom. The summed E-state index contributed by atoms with van der Waals surface area (Å²) in [5.41, 5.74) is 4.45.